The molecule has 9 heteroatoms. The first-order chi connectivity index (χ1) is 13.1. The van der Waals surface area contributed by atoms with Crippen LogP contribution >= 0.6 is 24.8 Å². The highest BCUT2D eigenvalue weighted by Crippen LogP contribution is 2.23. The number of hydrogen-bond donors (Lipinski definition) is 1. The fraction of sp³-hybridized carbons (Fsp3) is 0.500. The number of rotatable bonds is 4. The lowest BCUT2D eigenvalue weighted by molar-refractivity contribution is -0.142. The third kappa shape index (κ3) is 5.49. The molecule has 0 bridgehead atoms. The van der Waals surface area contributed by atoms with Crippen LogP contribution in [0.2, 0.25) is 0 Å². The first kappa shape index (κ1) is 23.6. The summed E-state index contributed by atoms with van der Waals surface area (Å²) in [5.41, 5.74) is 6.61. The number of ether oxygens (including phenoxy) is 1. The maximum atomic E-state index is 12.8. The van der Waals surface area contributed by atoms with E-state index >= 15 is 0 Å². The van der Waals surface area contributed by atoms with E-state index in [0.717, 1.165) is 24.4 Å². The van der Waals surface area contributed by atoms with Crippen LogP contribution in [-0.2, 0) is 16.1 Å². The van der Waals surface area contributed by atoms with E-state index in [0.29, 0.717) is 51.6 Å². The molecule has 4 rings (SSSR count). The van der Waals surface area contributed by atoms with Crippen molar-refractivity contribution in [3.8, 4) is 11.3 Å². The Kier molecular flexibility index (Phi) is 8.48. The molecule has 0 atom stereocenters. The standard InChI is InChI=1S/C20H26N4O3.2ClH/c21-20(6-12-26-13-7-20)19(25)24-10-8-23(9-11-24)15-18-22-14-17(27-18)16-4-2-1-3-5-16;;/h1-5,14H,6-13,15,21H2;2*1H. The Bertz CT molecular complexity index is 773. The Balaban J connectivity index is 0.00000150. The van der Waals surface area contributed by atoms with Crippen molar-refractivity contribution in [3.05, 3.63) is 42.4 Å². The van der Waals surface area contributed by atoms with E-state index in [1.165, 1.54) is 0 Å². The molecular formula is C20H28Cl2N4O3. The summed E-state index contributed by atoms with van der Waals surface area (Å²) in [7, 11) is 0. The lowest BCUT2D eigenvalue weighted by Crippen LogP contribution is -2.61. The van der Waals surface area contributed by atoms with Crippen molar-refractivity contribution in [3.63, 3.8) is 0 Å². The molecule has 29 heavy (non-hydrogen) atoms. The van der Waals surface area contributed by atoms with Gasteiger partial charge >= 0.3 is 0 Å². The van der Waals surface area contributed by atoms with Gasteiger partial charge in [0.05, 0.1) is 18.3 Å². The van der Waals surface area contributed by atoms with Crippen molar-refractivity contribution in [1.82, 2.24) is 14.8 Å². The van der Waals surface area contributed by atoms with Crippen LogP contribution in [0.3, 0.4) is 0 Å². The van der Waals surface area contributed by atoms with Gasteiger partial charge in [0.1, 0.15) is 0 Å². The highest BCUT2D eigenvalue weighted by molar-refractivity contribution is 5.86. The van der Waals surface area contributed by atoms with Crippen molar-refractivity contribution < 1.29 is 13.9 Å². The summed E-state index contributed by atoms with van der Waals surface area (Å²) < 4.78 is 11.2. The smallest absolute Gasteiger partial charge is 0.242 e. The number of aromatic nitrogens is 1. The molecule has 3 heterocycles. The Morgan fingerprint density at radius 1 is 1.07 bits per heavy atom. The largest absolute Gasteiger partial charge is 0.439 e. The number of carbonyl (C=O) groups excluding carboxylic acids is 1. The summed E-state index contributed by atoms with van der Waals surface area (Å²) in [6.45, 7) is 4.74. The SMILES string of the molecule is Cl.Cl.NC1(C(=O)N2CCN(Cc3ncc(-c4ccccc4)o3)CC2)CCOCC1. The van der Waals surface area contributed by atoms with Gasteiger partial charge < -0.3 is 19.8 Å². The Labute approximate surface area is 183 Å². The van der Waals surface area contributed by atoms with Crippen molar-refractivity contribution in [1.29, 1.82) is 0 Å². The predicted molar refractivity (Wildman–Crippen MR) is 115 cm³/mol. The van der Waals surface area contributed by atoms with E-state index in [9.17, 15) is 4.79 Å². The summed E-state index contributed by atoms with van der Waals surface area (Å²) in [5.74, 6) is 1.55. The molecule has 160 valence electrons. The Hall–Kier alpha value is -1.64. The van der Waals surface area contributed by atoms with Crippen LogP contribution in [0, 0.1) is 0 Å². The molecule has 0 aliphatic carbocycles. The molecule has 2 aliphatic rings. The molecule has 2 aliphatic heterocycles. The van der Waals surface area contributed by atoms with Crippen LogP contribution in [0.4, 0.5) is 0 Å². The van der Waals surface area contributed by atoms with E-state index in [1.54, 1.807) is 6.20 Å². The normalized spacial score (nSPS) is 19.1. The molecule has 2 saturated heterocycles. The third-order valence-electron chi connectivity index (χ3n) is 5.44. The minimum absolute atomic E-state index is 0. The van der Waals surface area contributed by atoms with Crippen LogP contribution in [0.25, 0.3) is 11.3 Å². The van der Waals surface area contributed by atoms with Crippen molar-refractivity contribution in [2.75, 3.05) is 39.4 Å². The fourth-order valence-corrected chi connectivity index (χ4v) is 3.68. The van der Waals surface area contributed by atoms with Gasteiger partial charge in [0.2, 0.25) is 11.8 Å². The molecule has 2 aromatic rings. The minimum Gasteiger partial charge on any atom is -0.439 e. The minimum atomic E-state index is -0.756. The fourth-order valence-electron chi connectivity index (χ4n) is 3.68. The number of oxazole rings is 1. The monoisotopic (exact) mass is 442 g/mol. The maximum absolute atomic E-state index is 12.8. The second-order valence-electron chi connectivity index (χ2n) is 7.32. The van der Waals surface area contributed by atoms with Crippen LogP contribution < -0.4 is 5.73 Å². The molecule has 0 unspecified atom stereocenters. The number of halogens is 2. The lowest BCUT2D eigenvalue weighted by Gasteiger charge is -2.40. The molecule has 0 spiro atoms. The number of benzene rings is 1. The molecule has 2 N–H and O–H groups in total. The molecule has 7 nitrogen and oxygen atoms in total. The molecule has 0 saturated carbocycles. The van der Waals surface area contributed by atoms with Crippen molar-refractivity contribution >= 4 is 30.7 Å². The second-order valence-corrected chi connectivity index (χ2v) is 7.32. The van der Waals surface area contributed by atoms with Crippen molar-refractivity contribution in [2.45, 2.75) is 24.9 Å². The first-order valence-corrected chi connectivity index (χ1v) is 9.52. The molecule has 1 aromatic heterocycles. The number of amides is 1. The van der Waals surface area contributed by atoms with Gasteiger partial charge in [0.15, 0.2) is 5.76 Å². The summed E-state index contributed by atoms with van der Waals surface area (Å²) in [6, 6.07) is 9.96. The summed E-state index contributed by atoms with van der Waals surface area (Å²) in [5, 5.41) is 0. The predicted octanol–water partition coefficient (Wildman–Crippen LogP) is 2.34. The van der Waals surface area contributed by atoms with Crippen LogP contribution in [0.15, 0.2) is 40.9 Å². The van der Waals surface area contributed by atoms with Crippen molar-refractivity contribution in [2.24, 2.45) is 5.73 Å². The highest BCUT2D eigenvalue weighted by Gasteiger charge is 2.39. The number of carbonyl (C=O) groups is 1. The van der Waals surface area contributed by atoms with Crippen LogP contribution in [0.1, 0.15) is 18.7 Å². The third-order valence-corrected chi connectivity index (χ3v) is 5.44. The van der Waals surface area contributed by atoms with Gasteiger partial charge in [-0.3, -0.25) is 9.69 Å². The van der Waals surface area contributed by atoms with E-state index in [2.05, 4.69) is 9.88 Å². The Morgan fingerprint density at radius 3 is 2.38 bits per heavy atom. The van der Waals surface area contributed by atoms with Gasteiger partial charge in [-0.1, -0.05) is 30.3 Å². The zero-order valence-electron chi connectivity index (χ0n) is 16.3. The Morgan fingerprint density at radius 2 is 1.72 bits per heavy atom. The molecule has 2 fully saturated rings. The maximum Gasteiger partial charge on any atom is 0.242 e. The van der Waals surface area contributed by atoms with Gasteiger partial charge in [-0.2, -0.15) is 0 Å². The molecular weight excluding hydrogens is 415 g/mol. The molecule has 1 amide bonds. The van der Waals surface area contributed by atoms with Crippen LogP contribution in [-0.4, -0.2) is 65.6 Å². The zero-order chi connectivity index (χ0) is 18.7. The summed E-state index contributed by atoms with van der Waals surface area (Å²) in [4.78, 5) is 21.4. The number of nitrogens with zero attached hydrogens (tertiary/aromatic N) is 3. The van der Waals surface area contributed by atoms with E-state index in [1.807, 2.05) is 35.2 Å². The molecule has 1 aromatic carbocycles. The topological polar surface area (TPSA) is 84.8 Å². The van der Waals surface area contributed by atoms with Gasteiger partial charge in [-0.05, 0) is 12.8 Å². The van der Waals surface area contributed by atoms with Crippen LogP contribution in [0.5, 0.6) is 0 Å². The van der Waals surface area contributed by atoms with E-state index in [4.69, 9.17) is 14.9 Å². The first-order valence-electron chi connectivity index (χ1n) is 9.52. The lowest BCUT2D eigenvalue weighted by atomic mass is 9.89. The summed E-state index contributed by atoms with van der Waals surface area (Å²) in [6.07, 6.45) is 2.98. The number of nitrogens with two attached hydrogens (primary N) is 1. The van der Waals surface area contributed by atoms with Gasteiger partial charge in [0.25, 0.3) is 0 Å². The van der Waals surface area contributed by atoms with Gasteiger partial charge in [-0.25, -0.2) is 4.98 Å². The molecule has 0 radical (unpaired) electrons. The van der Waals surface area contributed by atoms with Gasteiger partial charge in [-0.15, -0.1) is 24.8 Å². The average molecular weight is 443 g/mol. The summed E-state index contributed by atoms with van der Waals surface area (Å²) >= 11 is 0. The zero-order valence-corrected chi connectivity index (χ0v) is 17.9. The second kappa shape index (κ2) is 10.4. The van der Waals surface area contributed by atoms with Gasteiger partial charge in [0, 0.05) is 45.0 Å². The number of hydrogen-bond acceptors (Lipinski definition) is 6. The van der Waals surface area contributed by atoms with E-state index in [-0.39, 0.29) is 30.7 Å². The van der Waals surface area contributed by atoms with E-state index < -0.39 is 5.54 Å². The number of piperazine rings is 1. The quantitative estimate of drug-likeness (QED) is 0.781. The highest BCUT2D eigenvalue weighted by atomic mass is 35.5. The average Bonchev–Trinajstić information content (AvgIpc) is 3.18.